The molecule has 0 bridgehead atoms. The average Bonchev–Trinajstić information content (AvgIpc) is 3.15. The lowest BCUT2D eigenvalue weighted by atomic mass is 10.2. The van der Waals surface area contributed by atoms with Crippen LogP contribution in [0.3, 0.4) is 0 Å². The number of hydrogen-bond donors (Lipinski definition) is 0. The van der Waals surface area contributed by atoms with Crippen molar-refractivity contribution in [1.29, 1.82) is 0 Å². The van der Waals surface area contributed by atoms with E-state index in [-0.39, 0.29) is 5.91 Å². The molecule has 0 unspecified atom stereocenters. The molecule has 0 radical (unpaired) electrons. The Morgan fingerprint density at radius 3 is 2.75 bits per heavy atom. The number of thiazole rings is 1. The van der Waals surface area contributed by atoms with Gasteiger partial charge in [0.2, 0.25) is 0 Å². The fourth-order valence-electron chi connectivity index (χ4n) is 2.67. The number of benzene rings is 1. The minimum atomic E-state index is -0.346. The number of amides is 1. The van der Waals surface area contributed by atoms with E-state index in [2.05, 4.69) is 10.1 Å². The molecule has 1 aromatic carbocycles. The van der Waals surface area contributed by atoms with Crippen LogP contribution in [0.1, 0.15) is 17.4 Å². The Kier molecular flexibility index (Phi) is 3.61. The molecule has 0 saturated carbocycles. The molecule has 8 heteroatoms. The normalized spacial score (nSPS) is 14.3. The van der Waals surface area contributed by atoms with Crippen LogP contribution in [-0.4, -0.2) is 33.5 Å². The Morgan fingerprint density at radius 1 is 1.33 bits per heavy atom. The number of aryl methyl sites for hydroxylation is 2. The van der Waals surface area contributed by atoms with Gasteiger partial charge in [0, 0.05) is 31.9 Å². The van der Waals surface area contributed by atoms with E-state index in [9.17, 15) is 4.79 Å². The maximum Gasteiger partial charge on any atom is 0.300 e. The van der Waals surface area contributed by atoms with Gasteiger partial charge in [-0.2, -0.15) is 10.1 Å². The molecule has 1 amide bonds. The van der Waals surface area contributed by atoms with Gasteiger partial charge in [0.25, 0.3) is 5.91 Å². The molecule has 124 valence electrons. The van der Waals surface area contributed by atoms with Crippen LogP contribution < -0.4 is 14.3 Å². The van der Waals surface area contributed by atoms with Gasteiger partial charge in [-0.3, -0.25) is 9.48 Å². The Hall–Kier alpha value is -2.61. The van der Waals surface area contributed by atoms with Gasteiger partial charge in [-0.25, -0.2) is 0 Å². The highest BCUT2D eigenvalue weighted by Crippen LogP contribution is 2.35. The van der Waals surface area contributed by atoms with Gasteiger partial charge >= 0.3 is 0 Å². The number of aromatic nitrogens is 3. The molecule has 7 nitrogen and oxygen atoms in total. The van der Waals surface area contributed by atoms with E-state index in [4.69, 9.17) is 9.47 Å². The number of fused-ring (bicyclic) bond motifs is 2. The zero-order chi connectivity index (χ0) is 16.7. The maximum absolute atomic E-state index is 12.3. The Balaban J connectivity index is 1.85. The summed E-state index contributed by atoms with van der Waals surface area (Å²) in [5.74, 6) is 1.12. The molecule has 1 aliphatic heterocycles. The van der Waals surface area contributed by atoms with Gasteiger partial charge in [-0.15, -0.1) is 0 Å². The topological polar surface area (TPSA) is 70.6 Å². The van der Waals surface area contributed by atoms with Crippen LogP contribution >= 0.6 is 11.3 Å². The molecule has 3 heterocycles. The minimum absolute atomic E-state index is 0.337. The summed E-state index contributed by atoms with van der Waals surface area (Å²) < 4.78 is 15.9. The Morgan fingerprint density at radius 2 is 2.08 bits per heavy atom. The van der Waals surface area contributed by atoms with Gasteiger partial charge in [0.1, 0.15) is 13.2 Å². The molecule has 0 fully saturated rings. The lowest BCUT2D eigenvalue weighted by Gasteiger charge is -2.18. The van der Waals surface area contributed by atoms with Gasteiger partial charge < -0.3 is 14.0 Å². The van der Waals surface area contributed by atoms with Crippen molar-refractivity contribution in [3.63, 3.8) is 0 Å². The third kappa shape index (κ3) is 2.48. The van der Waals surface area contributed by atoms with Crippen molar-refractivity contribution in [2.45, 2.75) is 13.5 Å². The number of carbonyl (C=O) groups is 1. The second-order valence-corrected chi connectivity index (χ2v) is 6.39. The van der Waals surface area contributed by atoms with Gasteiger partial charge in [-0.05, 0) is 13.0 Å². The van der Waals surface area contributed by atoms with Crippen LogP contribution in [0.15, 0.2) is 29.4 Å². The van der Waals surface area contributed by atoms with E-state index in [0.717, 1.165) is 21.7 Å². The van der Waals surface area contributed by atoms with Crippen molar-refractivity contribution in [3.05, 3.63) is 34.9 Å². The number of nitrogens with zero attached hydrogens (tertiary/aromatic N) is 4. The highest BCUT2D eigenvalue weighted by molar-refractivity contribution is 7.16. The number of hydrogen-bond acceptors (Lipinski definition) is 5. The lowest BCUT2D eigenvalue weighted by Crippen LogP contribution is -2.17. The molecule has 2 aromatic heterocycles. The molecule has 0 N–H and O–H groups in total. The van der Waals surface area contributed by atoms with Crippen LogP contribution in [0.5, 0.6) is 11.5 Å². The molecular formula is C16H16N4O3S. The highest BCUT2D eigenvalue weighted by Gasteiger charge is 2.16. The van der Waals surface area contributed by atoms with E-state index >= 15 is 0 Å². The van der Waals surface area contributed by atoms with Crippen LogP contribution in [0.2, 0.25) is 0 Å². The molecule has 24 heavy (non-hydrogen) atoms. The van der Waals surface area contributed by atoms with Crippen LogP contribution in [0.25, 0.3) is 10.2 Å². The second-order valence-electron chi connectivity index (χ2n) is 5.38. The largest absolute Gasteiger partial charge is 0.486 e. The standard InChI is InChI=1S/C16H16N4O3S/c1-3-20-11-8-12-13(23-7-6-22-12)9-14(11)24-16(20)17-15(21)10-4-5-19(2)18-10/h4-5,8-9H,3,6-7H2,1-2H3. The summed E-state index contributed by atoms with van der Waals surface area (Å²) in [5.41, 5.74) is 1.32. The molecule has 0 aliphatic carbocycles. The summed E-state index contributed by atoms with van der Waals surface area (Å²) in [6, 6.07) is 5.56. The quantitative estimate of drug-likeness (QED) is 0.713. The molecule has 0 spiro atoms. The summed E-state index contributed by atoms with van der Waals surface area (Å²) in [4.78, 5) is 17.2. The van der Waals surface area contributed by atoms with Crippen molar-refractivity contribution >= 4 is 27.5 Å². The highest BCUT2D eigenvalue weighted by atomic mass is 32.1. The molecule has 3 aromatic rings. The van der Waals surface area contributed by atoms with Gasteiger partial charge in [-0.1, -0.05) is 11.3 Å². The molecule has 1 aliphatic rings. The Labute approximate surface area is 141 Å². The molecule has 4 rings (SSSR count). The third-order valence-corrected chi connectivity index (χ3v) is 4.83. The Bertz CT molecular complexity index is 999. The maximum atomic E-state index is 12.3. The first-order valence-corrected chi connectivity index (χ1v) is 8.49. The zero-order valence-corrected chi connectivity index (χ0v) is 14.2. The van der Waals surface area contributed by atoms with Crippen molar-refractivity contribution in [1.82, 2.24) is 14.3 Å². The number of ether oxygens (including phenoxy) is 2. The van der Waals surface area contributed by atoms with Crippen LogP contribution in [0, 0.1) is 0 Å². The number of rotatable bonds is 2. The first-order chi connectivity index (χ1) is 11.7. The van der Waals surface area contributed by atoms with E-state index in [1.807, 2.05) is 23.6 Å². The van der Waals surface area contributed by atoms with Crippen LogP contribution in [-0.2, 0) is 13.6 Å². The SMILES string of the molecule is CCn1c(=NC(=O)c2ccn(C)n2)sc2cc3c(cc21)OCCO3. The third-order valence-electron chi connectivity index (χ3n) is 3.79. The van der Waals surface area contributed by atoms with Crippen LogP contribution in [0.4, 0.5) is 0 Å². The fraction of sp³-hybridized carbons (Fsp3) is 0.312. The second kappa shape index (κ2) is 5.79. The summed E-state index contributed by atoms with van der Waals surface area (Å²) in [7, 11) is 1.77. The minimum Gasteiger partial charge on any atom is -0.486 e. The molecule has 0 atom stereocenters. The van der Waals surface area contributed by atoms with Gasteiger partial charge in [0.15, 0.2) is 22.0 Å². The lowest BCUT2D eigenvalue weighted by molar-refractivity contribution is 0.0992. The van der Waals surface area contributed by atoms with E-state index in [1.54, 1.807) is 24.0 Å². The molecule has 0 saturated heterocycles. The van der Waals surface area contributed by atoms with E-state index in [0.29, 0.717) is 30.3 Å². The summed E-state index contributed by atoms with van der Waals surface area (Å²) in [6.07, 6.45) is 1.73. The van der Waals surface area contributed by atoms with Crippen molar-refractivity contribution < 1.29 is 14.3 Å². The predicted octanol–water partition coefficient (Wildman–Crippen LogP) is 1.97. The van der Waals surface area contributed by atoms with Crippen molar-refractivity contribution in [2.75, 3.05) is 13.2 Å². The summed E-state index contributed by atoms with van der Waals surface area (Å²) >= 11 is 1.46. The summed E-state index contributed by atoms with van der Waals surface area (Å²) in [6.45, 7) is 3.82. The van der Waals surface area contributed by atoms with Crippen molar-refractivity contribution in [3.8, 4) is 11.5 Å². The number of carbonyl (C=O) groups excluding carboxylic acids is 1. The summed E-state index contributed by atoms with van der Waals surface area (Å²) in [5, 5.41) is 4.11. The first-order valence-electron chi connectivity index (χ1n) is 7.67. The average molecular weight is 344 g/mol. The van der Waals surface area contributed by atoms with Gasteiger partial charge in [0.05, 0.1) is 10.2 Å². The zero-order valence-electron chi connectivity index (χ0n) is 13.4. The van der Waals surface area contributed by atoms with Crippen molar-refractivity contribution in [2.24, 2.45) is 12.0 Å². The fourth-order valence-corrected chi connectivity index (χ4v) is 3.77. The predicted molar refractivity (Wildman–Crippen MR) is 89.6 cm³/mol. The molecular weight excluding hydrogens is 328 g/mol. The van der Waals surface area contributed by atoms with E-state index < -0.39 is 0 Å². The monoisotopic (exact) mass is 344 g/mol. The first kappa shape index (κ1) is 14.9. The van der Waals surface area contributed by atoms with E-state index in [1.165, 1.54) is 11.3 Å². The smallest absolute Gasteiger partial charge is 0.300 e.